The van der Waals surface area contributed by atoms with Crippen molar-refractivity contribution in [2.45, 2.75) is 27.0 Å². The van der Waals surface area contributed by atoms with Gasteiger partial charge in [0.25, 0.3) is 5.56 Å². The predicted molar refractivity (Wildman–Crippen MR) is 114 cm³/mol. The zero-order chi connectivity index (χ0) is 21.3. The van der Waals surface area contributed by atoms with Crippen molar-refractivity contribution in [2.75, 3.05) is 0 Å². The van der Waals surface area contributed by atoms with E-state index in [1.54, 1.807) is 26.0 Å². The number of esters is 1. The highest BCUT2D eigenvalue weighted by atomic mass is 32.1. The van der Waals surface area contributed by atoms with E-state index in [1.807, 2.05) is 30.3 Å². The molecule has 5 nitrogen and oxygen atoms in total. The van der Waals surface area contributed by atoms with E-state index in [9.17, 15) is 14.0 Å². The molecule has 0 aliphatic carbocycles. The van der Waals surface area contributed by atoms with Crippen LogP contribution in [0.1, 0.15) is 32.2 Å². The third-order valence-corrected chi connectivity index (χ3v) is 6.03. The number of fused-ring (bicyclic) bond motifs is 1. The molecule has 0 unspecified atom stereocenters. The summed E-state index contributed by atoms with van der Waals surface area (Å²) in [5.41, 5.74) is 1.85. The van der Waals surface area contributed by atoms with Gasteiger partial charge in [0.2, 0.25) is 0 Å². The van der Waals surface area contributed by atoms with E-state index in [0.717, 1.165) is 16.9 Å². The van der Waals surface area contributed by atoms with Gasteiger partial charge < -0.3 is 4.74 Å². The zero-order valence-corrected chi connectivity index (χ0v) is 17.3. The summed E-state index contributed by atoms with van der Waals surface area (Å²) >= 11 is 1.15. The van der Waals surface area contributed by atoms with Crippen LogP contribution in [0.2, 0.25) is 0 Å². The van der Waals surface area contributed by atoms with Crippen molar-refractivity contribution in [3.63, 3.8) is 0 Å². The van der Waals surface area contributed by atoms with E-state index < -0.39 is 5.97 Å². The molecule has 152 valence electrons. The van der Waals surface area contributed by atoms with Crippen molar-refractivity contribution in [3.8, 4) is 0 Å². The van der Waals surface area contributed by atoms with E-state index in [-0.39, 0.29) is 24.5 Å². The Morgan fingerprint density at radius 1 is 1.10 bits per heavy atom. The second-order valence-electron chi connectivity index (χ2n) is 6.98. The molecule has 0 saturated heterocycles. The number of hydrogen-bond acceptors (Lipinski definition) is 5. The quantitative estimate of drug-likeness (QED) is 0.441. The number of nitrogens with zero attached hydrogens (tertiary/aromatic N) is 2. The molecule has 0 N–H and O–H groups in total. The normalized spacial score (nSPS) is 11.0. The lowest BCUT2D eigenvalue weighted by molar-refractivity contribution is 0.0478. The molecule has 0 atom stereocenters. The maximum absolute atomic E-state index is 13.5. The van der Waals surface area contributed by atoms with Crippen LogP contribution in [0.4, 0.5) is 4.39 Å². The molecule has 30 heavy (non-hydrogen) atoms. The van der Waals surface area contributed by atoms with Gasteiger partial charge in [-0.25, -0.2) is 14.2 Å². The number of halogens is 1. The van der Waals surface area contributed by atoms with Crippen LogP contribution >= 0.6 is 11.3 Å². The molecule has 2 aromatic heterocycles. The van der Waals surface area contributed by atoms with E-state index >= 15 is 0 Å². The number of ether oxygens (including phenoxy) is 1. The molecule has 0 saturated carbocycles. The van der Waals surface area contributed by atoms with Crippen LogP contribution in [0.15, 0.2) is 59.4 Å². The minimum Gasteiger partial charge on any atom is -0.457 e. The number of hydrogen-bond donors (Lipinski definition) is 0. The number of carbonyl (C=O) groups is 1. The molecule has 0 aliphatic rings. The lowest BCUT2D eigenvalue weighted by Crippen LogP contribution is -2.24. The maximum Gasteiger partial charge on any atom is 0.349 e. The Balaban J connectivity index is 1.67. The summed E-state index contributed by atoms with van der Waals surface area (Å²) in [6.07, 6.45) is 0. The van der Waals surface area contributed by atoms with Gasteiger partial charge in [0.1, 0.15) is 28.0 Å². The number of benzene rings is 2. The van der Waals surface area contributed by atoms with Gasteiger partial charge >= 0.3 is 5.97 Å². The van der Waals surface area contributed by atoms with Gasteiger partial charge in [0.15, 0.2) is 0 Å². The second kappa shape index (κ2) is 8.20. The first-order valence-corrected chi connectivity index (χ1v) is 10.2. The third-order valence-electron chi connectivity index (χ3n) is 4.87. The van der Waals surface area contributed by atoms with Gasteiger partial charge in [-0.1, -0.05) is 42.5 Å². The number of aryl methyl sites for hydroxylation is 2. The molecule has 7 heteroatoms. The molecule has 2 aromatic carbocycles. The Hall–Kier alpha value is -3.32. The maximum atomic E-state index is 13.5. The topological polar surface area (TPSA) is 61.2 Å². The predicted octanol–water partition coefficient (Wildman–Crippen LogP) is 4.62. The molecular weight excluding hydrogens is 403 g/mol. The van der Waals surface area contributed by atoms with Crippen LogP contribution in [-0.4, -0.2) is 15.5 Å². The van der Waals surface area contributed by atoms with Gasteiger partial charge in [0, 0.05) is 0 Å². The highest BCUT2D eigenvalue weighted by Crippen LogP contribution is 2.28. The summed E-state index contributed by atoms with van der Waals surface area (Å²) in [7, 11) is 0. The summed E-state index contributed by atoms with van der Waals surface area (Å²) in [5, 5.41) is 0.397. The van der Waals surface area contributed by atoms with Crippen LogP contribution < -0.4 is 5.56 Å². The number of aromatic nitrogens is 2. The standard InChI is InChI=1S/C23H19FN2O3S/c1-14-19-21(30-20(14)23(28)29-13-16-7-4-3-5-8-16)25-15(2)26(22(19)27)12-17-9-6-10-18(24)11-17/h3-11H,12-13H2,1-2H3. The fourth-order valence-electron chi connectivity index (χ4n) is 3.31. The molecular formula is C23H19FN2O3S. The first kappa shape index (κ1) is 20.0. The van der Waals surface area contributed by atoms with Crippen LogP contribution in [0.25, 0.3) is 10.2 Å². The first-order valence-electron chi connectivity index (χ1n) is 9.40. The molecule has 0 radical (unpaired) electrons. The van der Waals surface area contributed by atoms with Crippen molar-refractivity contribution in [1.82, 2.24) is 9.55 Å². The second-order valence-corrected chi connectivity index (χ2v) is 7.98. The Labute approximate surface area is 176 Å². The molecule has 4 rings (SSSR count). The highest BCUT2D eigenvalue weighted by molar-refractivity contribution is 7.20. The minimum atomic E-state index is -0.479. The number of carbonyl (C=O) groups excluding carboxylic acids is 1. The molecule has 4 aromatic rings. The van der Waals surface area contributed by atoms with Crippen molar-refractivity contribution in [2.24, 2.45) is 0 Å². The fourth-order valence-corrected chi connectivity index (χ4v) is 4.42. The van der Waals surface area contributed by atoms with E-state index in [0.29, 0.717) is 32.0 Å². The van der Waals surface area contributed by atoms with Crippen LogP contribution in [0, 0.1) is 19.7 Å². The van der Waals surface area contributed by atoms with Crippen molar-refractivity contribution >= 4 is 27.5 Å². The smallest absolute Gasteiger partial charge is 0.349 e. The fraction of sp³-hybridized carbons (Fsp3) is 0.174. The molecule has 0 spiro atoms. The van der Waals surface area contributed by atoms with E-state index in [2.05, 4.69) is 4.98 Å². The van der Waals surface area contributed by atoms with Crippen LogP contribution in [0.5, 0.6) is 0 Å². The summed E-state index contributed by atoms with van der Waals surface area (Å²) < 4.78 is 20.4. The van der Waals surface area contributed by atoms with Gasteiger partial charge in [-0.3, -0.25) is 9.36 Å². The summed E-state index contributed by atoms with van der Waals surface area (Å²) in [6.45, 7) is 3.81. The Morgan fingerprint density at radius 2 is 1.83 bits per heavy atom. The van der Waals surface area contributed by atoms with Crippen LogP contribution in [-0.2, 0) is 17.9 Å². The Bertz CT molecular complexity index is 1300. The molecule has 0 bridgehead atoms. The minimum absolute atomic E-state index is 0.156. The Kier molecular flexibility index (Phi) is 5.46. The van der Waals surface area contributed by atoms with Gasteiger partial charge in [-0.15, -0.1) is 11.3 Å². The van der Waals surface area contributed by atoms with Crippen molar-refractivity contribution < 1.29 is 13.9 Å². The Morgan fingerprint density at radius 3 is 2.57 bits per heavy atom. The summed E-state index contributed by atoms with van der Waals surface area (Å²) in [5.74, 6) is -0.335. The van der Waals surface area contributed by atoms with Crippen molar-refractivity contribution in [1.29, 1.82) is 0 Å². The average Bonchev–Trinajstić information content (AvgIpc) is 3.06. The monoisotopic (exact) mass is 422 g/mol. The van der Waals surface area contributed by atoms with Crippen LogP contribution in [0.3, 0.4) is 0 Å². The number of thiophene rings is 1. The lowest BCUT2D eigenvalue weighted by Gasteiger charge is -2.10. The molecule has 0 amide bonds. The molecule has 0 aliphatic heterocycles. The average molecular weight is 422 g/mol. The van der Waals surface area contributed by atoms with Gasteiger partial charge in [-0.2, -0.15) is 0 Å². The number of rotatable bonds is 5. The summed E-state index contributed by atoms with van der Waals surface area (Å²) in [6, 6.07) is 15.5. The molecule has 2 heterocycles. The van der Waals surface area contributed by atoms with E-state index in [1.165, 1.54) is 16.7 Å². The van der Waals surface area contributed by atoms with Gasteiger partial charge in [-0.05, 0) is 42.7 Å². The SMILES string of the molecule is Cc1c(C(=O)OCc2ccccc2)sc2nc(C)n(Cc3cccc(F)c3)c(=O)c12. The summed E-state index contributed by atoms with van der Waals surface area (Å²) in [4.78, 5) is 31.2. The highest BCUT2D eigenvalue weighted by Gasteiger charge is 2.22. The molecule has 0 fully saturated rings. The third kappa shape index (κ3) is 3.89. The zero-order valence-electron chi connectivity index (χ0n) is 16.5. The van der Waals surface area contributed by atoms with Gasteiger partial charge in [0.05, 0.1) is 11.9 Å². The van der Waals surface area contributed by atoms with Crippen molar-refractivity contribution in [3.05, 3.63) is 98.2 Å². The van der Waals surface area contributed by atoms with E-state index in [4.69, 9.17) is 4.74 Å². The lowest BCUT2D eigenvalue weighted by atomic mass is 10.2. The first-order chi connectivity index (χ1) is 14.4. The largest absolute Gasteiger partial charge is 0.457 e.